The maximum absolute atomic E-state index is 10.8. The van der Waals surface area contributed by atoms with Crippen LogP contribution in [0.15, 0.2) is 40.0 Å². The van der Waals surface area contributed by atoms with Crippen LogP contribution >= 0.6 is 11.8 Å². The number of nitrogens with two attached hydrogens (primary N) is 1. The number of hydrogen-bond donors (Lipinski definition) is 1. The summed E-state index contributed by atoms with van der Waals surface area (Å²) in [5, 5.41) is 12.5. The summed E-state index contributed by atoms with van der Waals surface area (Å²) in [5.41, 5.74) is 5.97. The van der Waals surface area contributed by atoms with Crippen LogP contribution in [0.1, 0.15) is 0 Å². The normalized spacial score (nSPS) is 10.8. The predicted molar refractivity (Wildman–Crippen MR) is 79.6 cm³/mol. The molecule has 2 aromatic heterocycles. The van der Waals surface area contributed by atoms with Crippen molar-refractivity contribution in [3.8, 4) is 23.1 Å². The minimum Gasteiger partial charge on any atom is -0.369 e. The Balaban J connectivity index is 1.86. The van der Waals surface area contributed by atoms with Crippen molar-refractivity contribution in [3.63, 3.8) is 0 Å². The van der Waals surface area contributed by atoms with Crippen molar-refractivity contribution in [1.29, 1.82) is 0 Å². The number of aromatic nitrogens is 5. The number of carbonyl (C=O) groups excluding carboxylic acids is 1. The Morgan fingerprint density at radius 2 is 2.09 bits per heavy atom. The topological polar surface area (TPSA) is 113 Å². The lowest BCUT2D eigenvalue weighted by Crippen LogP contribution is -2.13. The molecule has 9 heteroatoms. The van der Waals surface area contributed by atoms with Crippen molar-refractivity contribution in [2.45, 2.75) is 5.16 Å². The third kappa shape index (κ3) is 2.84. The number of carbonyl (C=O) groups is 1. The van der Waals surface area contributed by atoms with Gasteiger partial charge in [-0.3, -0.25) is 4.79 Å². The minimum atomic E-state index is -0.418. The first kappa shape index (κ1) is 14.3. The van der Waals surface area contributed by atoms with Crippen molar-refractivity contribution in [1.82, 2.24) is 24.9 Å². The molecule has 3 rings (SSSR count). The van der Waals surface area contributed by atoms with E-state index in [0.29, 0.717) is 16.8 Å². The molecule has 0 fully saturated rings. The maximum atomic E-state index is 10.8. The second kappa shape index (κ2) is 5.98. The molecule has 2 heterocycles. The minimum absolute atomic E-state index is 0.130. The number of benzene rings is 1. The Hall–Kier alpha value is -2.68. The van der Waals surface area contributed by atoms with Crippen molar-refractivity contribution in [2.24, 2.45) is 12.8 Å². The second-order valence-corrected chi connectivity index (χ2v) is 5.35. The van der Waals surface area contributed by atoms with Gasteiger partial charge in [-0.25, -0.2) is 0 Å². The van der Waals surface area contributed by atoms with Gasteiger partial charge in [0, 0.05) is 12.6 Å². The van der Waals surface area contributed by atoms with E-state index in [4.69, 9.17) is 10.3 Å². The van der Waals surface area contributed by atoms with Gasteiger partial charge >= 0.3 is 0 Å². The summed E-state index contributed by atoms with van der Waals surface area (Å²) >= 11 is 1.20. The van der Waals surface area contributed by atoms with Crippen LogP contribution in [-0.4, -0.2) is 36.6 Å². The molecule has 0 aliphatic rings. The summed E-state index contributed by atoms with van der Waals surface area (Å²) in [7, 11) is 1.76. The van der Waals surface area contributed by atoms with Crippen LogP contribution in [0.25, 0.3) is 23.1 Å². The van der Waals surface area contributed by atoms with E-state index < -0.39 is 5.91 Å². The van der Waals surface area contributed by atoms with E-state index in [1.54, 1.807) is 11.6 Å². The van der Waals surface area contributed by atoms with Crippen LogP contribution in [0.4, 0.5) is 0 Å². The van der Waals surface area contributed by atoms with E-state index in [0.717, 1.165) is 5.56 Å². The lowest BCUT2D eigenvalue weighted by Gasteiger charge is -1.98. The van der Waals surface area contributed by atoms with Gasteiger partial charge in [0.15, 0.2) is 5.16 Å². The summed E-state index contributed by atoms with van der Waals surface area (Å²) in [6, 6.07) is 9.48. The van der Waals surface area contributed by atoms with Crippen LogP contribution in [0.2, 0.25) is 0 Å². The summed E-state index contributed by atoms with van der Waals surface area (Å²) < 4.78 is 6.92. The molecule has 22 heavy (non-hydrogen) atoms. The van der Waals surface area contributed by atoms with E-state index in [1.807, 2.05) is 30.3 Å². The van der Waals surface area contributed by atoms with Gasteiger partial charge in [0.05, 0.1) is 5.75 Å². The fourth-order valence-corrected chi connectivity index (χ4v) is 2.43. The van der Waals surface area contributed by atoms with Crippen molar-refractivity contribution < 1.29 is 9.32 Å². The average Bonchev–Trinajstić information content (AvgIpc) is 3.13. The Morgan fingerprint density at radius 3 is 2.82 bits per heavy atom. The SMILES string of the molecule is Cn1c(SCC(N)=O)nnc1-c1nc(-c2ccccc2)no1. The fraction of sp³-hybridized carbons (Fsp3) is 0.154. The molecule has 1 aromatic carbocycles. The molecular weight excluding hydrogens is 304 g/mol. The van der Waals surface area contributed by atoms with E-state index in [1.165, 1.54) is 11.8 Å². The Morgan fingerprint density at radius 1 is 1.32 bits per heavy atom. The van der Waals surface area contributed by atoms with Gasteiger partial charge in [-0.15, -0.1) is 10.2 Å². The average molecular weight is 316 g/mol. The molecule has 3 aromatic rings. The van der Waals surface area contributed by atoms with Crippen LogP contribution in [0, 0.1) is 0 Å². The van der Waals surface area contributed by atoms with Gasteiger partial charge in [-0.05, 0) is 0 Å². The van der Waals surface area contributed by atoms with Crippen LogP contribution in [-0.2, 0) is 11.8 Å². The number of hydrogen-bond acceptors (Lipinski definition) is 7. The third-order valence-corrected chi connectivity index (χ3v) is 3.87. The molecule has 1 amide bonds. The Bertz CT molecular complexity index is 798. The monoisotopic (exact) mass is 316 g/mol. The fourth-order valence-electron chi connectivity index (χ4n) is 1.78. The van der Waals surface area contributed by atoms with E-state index in [9.17, 15) is 4.79 Å². The zero-order valence-corrected chi connectivity index (χ0v) is 12.4. The van der Waals surface area contributed by atoms with Gasteiger partial charge in [-0.1, -0.05) is 47.3 Å². The van der Waals surface area contributed by atoms with Gasteiger partial charge in [-0.2, -0.15) is 4.98 Å². The van der Waals surface area contributed by atoms with Crippen LogP contribution in [0.5, 0.6) is 0 Å². The molecular formula is C13H12N6O2S. The predicted octanol–water partition coefficient (Wildman–Crippen LogP) is 1.11. The lowest BCUT2D eigenvalue weighted by molar-refractivity contribution is -0.115. The number of amides is 1. The highest BCUT2D eigenvalue weighted by atomic mass is 32.2. The third-order valence-electron chi connectivity index (χ3n) is 2.83. The van der Waals surface area contributed by atoms with Gasteiger partial charge in [0.1, 0.15) is 0 Å². The zero-order valence-electron chi connectivity index (χ0n) is 11.6. The Labute approximate surface area is 129 Å². The standard InChI is InChI=1S/C13H12N6O2S/c1-19-11(16-17-13(19)22-7-9(14)20)12-15-10(18-21-12)8-5-3-2-4-6-8/h2-6H,7H2,1H3,(H2,14,20). The molecule has 0 aliphatic carbocycles. The summed E-state index contributed by atoms with van der Waals surface area (Å²) in [4.78, 5) is 15.1. The summed E-state index contributed by atoms with van der Waals surface area (Å²) in [6.07, 6.45) is 0. The van der Waals surface area contributed by atoms with Crippen LogP contribution in [0.3, 0.4) is 0 Å². The van der Waals surface area contributed by atoms with Crippen LogP contribution < -0.4 is 5.73 Å². The molecule has 0 aliphatic heterocycles. The molecule has 0 bridgehead atoms. The van der Waals surface area contributed by atoms with Gasteiger partial charge in [0.25, 0.3) is 5.89 Å². The number of nitrogens with zero attached hydrogens (tertiary/aromatic N) is 5. The highest BCUT2D eigenvalue weighted by Crippen LogP contribution is 2.23. The number of primary amides is 1. The zero-order chi connectivity index (χ0) is 15.5. The highest BCUT2D eigenvalue weighted by Gasteiger charge is 2.18. The first-order valence-electron chi connectivity index (χ1n) is 6.35. The second-order valence-electron chi connectivity index (χ2n) is 4.41. The molecule has 0 saturated heterocycles. The van der Waals surface area contributed by atoms with Crippen molar-refractivity contribution >= 4 is 17.7 Å². The van der Waals surface area contributed by atoms with Gasteiger partial charge < -0.3 is 14.8 Å². The number of thioether (sulfide) groups is 1. The molecule has 0 radical (unpaired) electrons. The van der Waals surface area contributed by atoms with E-state index >= 15 is 0 Å². The molecule has 112 valence electrons. The summed E-state index contributed by atoms with van der Waals surface area (Å²) in [6.45, 7) is 0. The first-order chi connectivity index (χ1) is 10.6. The first-order valence-corrected chi connectivity index (χ1v) is 7.33. The molecule has 0 saturated carbocycles. The van der Waals surface area contributed by atoms with Crippen molar-refractivity contribution in [2.75, 3.05) is 5.75 Å². The quantitative estimate of drug-likeness (QED) is 0.701. The highest BCUT2D eigenvalue weighted by molar-refractivity contribution is 7.99. The molecule has 0 unspecified atom stereocenters. The van der Waals surface area contributed by atoms with Gasteiger partial charge in [0.2, 0.25) is 17.6 Å². The molecule has 0 spiro atoms. The smallest absolute Gasteiger partial charge is 0.296 e. The number of rotatable bonds is 5. The Kier molecular flexibility index (Phi) is 3.88. The lowest BCUT2D eigenvalue weighted by atomic mass is 10.2. The largest absolute Gasteiger partial charge is 0.369 e. The van der Waals surface area contributed by atoms with Crippen molar-refractivity contribution in [3.05, 3.63) is 30.3 Å². The molecule has 8 nitrogen and oxygen atoms in total. The maximum Gasteiger partial charge on any atom is 0.296 e. The summed E-state index contributed by atoms with van der Waals surface area (Å²) in [5.74, 6) is 0.885. The van der Waals surface area contributed by atoms with E-state index in [-0.39, 0.29) is 11.6 Å². The van der Waals surface area contributed by atoms with E-state index in [2.05, 4.69) is 20.3 Å². The molecule has 0 atom stereocenters. The molecule has 2 N–H and O–H groups in total.